The summed E-state index contributed by atoms with van der Waals surface area (Å²) in [4.78, 5) is 6.66. The van der Waals surface area contributed by atoms with E-state index in [2.05, 4.69) is 34.8 Å². The van der Waals surface area contributed by atoms with Crippen LogP contribution in [0.3, 0.4) is 0 Å². The van der Waals surface area contributed by atoms with Crippen molar-refractivity contribution in [2.45, 2.75) is 38.8 Å². The van der Waals surface area contributed by atoms with Gasteiger partial charge >= 0.3 is 0 Å². The molecule has 0 unspecified atom stereocenters. The average Bonchev–Trinajstić information content (AvgIpc) is 3.22. The Balaban J connectivity index is 2.09. The minimum absolute atomic E-state index is 0.688. The molecule has 0 amide bonds. The lowest BCUT2D eigenvalue weighted by atomic mass is 10.2. The van der Waals surface area contributed by atoms with Crippen molar-refractivity contribution in [1.82, 2.24) is 10.3 Å². The minimum atomic E-state index is 0.688. The Morgan fingerprint density at radius 1 is 1.58 bits per heavy atom. The molecule has 0 aliphatic heterocycles. The molecule has 1 aromatic heterocycles. The van der Waals surface area contributed by atoms with Gasteiger partial charge in [-0.15, -0.1) is 6.58 Å². The first-order valence-electron chi connectivity index (χ1n) is 6.98. The van der Waals surface area contributed by atoms with E-state index in [0.29, 0.717) is 6.04 Å². The zero-order chi connectivity index (χ0) is 13.7. The van der Waals surface area contributed by atoms with Gasteiger partial charge in [0.1, 0.15) is 5.82 Å². The van der Waals surface area contributed by atoms with Crippen LogP contribution in [0.2, 0.25) is 5.02 Å². The van der Waals surface area contributed by atoms with E-state index >= 15 is 0 Å². The van der Waals surface area contributed by atoms with Gasteiger partial charge < -0.3 is 10.2 Å². The van der Waals surface area contributed by atoms with E-state index in [1.54, 1.807) is 6.20 Å². The van der Waals surface area contributed by atoms with Crippen LogP contribution in [0.5, 0.6) is 0 Å². The molecule has 1 N–H and O–H groups in total. The SMILES string of the molecule is C=CCN(CCC)c1cc(CNC2CC2)c(Cl)cn1. The van der Waals surface area contributed by atoms with Crippen LogP contribution in [-0.4, -0.2) is 24.1 Å². The van der Waals surface area contributed by atoms with Crippen LogP contribution in [-0.2, 0) is 6.54 Å². The van der Waals surface area contributed by atoms with Crippen molar-refractivity contribution in [3.05, 3.63) is 35.5 Å². The van der Waals surface area contributed by atoms with Gasteiger partial charge in [-0.3, -0.25) is 0 Å². The van der Waals surface area contributed by atoms with E-state index in [0.717, 1.165) is 42.5 Å². The smallest absolute Gasteiger partial charge is 0.129 e. The van der Waals surface area contributed by atoms with Crippen molar-refractivity contribution in [2.75, 3.05) is 18.0 Å². The molecule has 19 heavy (non-hydrogen) atoms. The van der Waals surface area contributed by atoms with Crippen LogP contribution >= 0.6 is 11.6 Å². The highest BCUT2D eigenvalue weighted by atomic mass is 35.5. The van der Waals surface area contributed by atoms with Crippen molar-refractivity contribution >= 4 is 17.4 Å². The maximum atomic E-state index is 6.22. The Bertz CT molecular complexity index is 429. The summed E-state index contributed by atoms with van der Waals surface area (Å²) in [6.07, 6.45) is 7.33. The summed E-state index contributed by atoms with van der Waals surface area (Å²) in [5.41, 5.74) is 1.13. The molecule has 1 heterocycles. The Labute approximate surface area is 120 Å². The van der Waals surface area contributed by atoms with E-state index in [-0.39, 0.29) is 0 Å². The molecular weight excluding hydrogens is 258 g/mol. The summed E-state index contributed by atoms with van der Waals surface area (Å²) in [5.74, 6) is 0.985. The fourth-order valence-electron chi connectivity index (χ4n) is 2.04. The van der Waals surface area contributed by atoms with E-state index in [1.807, 2.05) is 6.08 Å². The van der Waals surface area contributed by atoms with Gasteiger partial charge in [0.2, 0.25) is 0 Å². The number of hydrogen-bond donors (Lipinski definition) is 1. The van der Waals surface area contributed by atoms with E-state index in [9.17, 15) is 0 Å². The maximum Gasteiger partial charge on any atom is 0.129 e. The third kappa shape index (κ3) is 4.22. The molecule has 0 atom stereocenters. The van der Waals surface area contributed by atoms with Gasteiger partial charge in [-0.1, -0.05) is 24.6 Å². The third-order valence-corrected chi connectivity index (χ3v) is 3.59. The molecule has 0 spiro atoms. The molecule has 0 radical (unpaired) electrons. The zero-order valence-electron chi connectivity index (χ0n) is 11.5. The normalized spacial score (nSPS) is 14.4. The first-order chi connectivity index (χ1) is 9.24. The molecule has 1 aliphatic rings. The predicted molar refractivity (Wildman–Crippen MR) is 81.8 cm³/mol. The van der Waals surface area contributed by atoms with Crippen molar-refractivity contribution in [2.24, 2.45) is 0 Å². The Morgan fingerprint density at radius 2 is 2.37 bits per heavy atom. The van der Waals surface area contributed by atoms with Gasteiger partial charge in [-0.05, 0) is 30.9 Å². The highest BCUT2D eigenvalue weighted by Gasteiger charge is 2.20. The van der Waals surface area contributed by atoms with Gasteiger partial charge in [-0.2, -0.15) is 0 Å². The number of rotatable bonds is 8. The molecule has 2 rings (SSSR count). The average molecular weight is 280 g/mol. The summed E-state index contributed by atoms with van der Waals surface area (Å²) in [7, 11) is 0. The lowest BCUT2D eigenvalue weighted by molar-refractivity contribution is 0.686. The standard InChI is InChI=1S/C15H22ClN3/c1-3-7-19(8-4-2)15-9-12(14(16)11-18-15)10-17-13-5-6-13/h3,9,11,13,17H,1,4-8,10H2,2H3. The molecule has 4 heteroatoms. The number of pyridine rings is 1. The second-order valence-electron chi connectivity index (χ2n) is 5.02. The summed E-state index contributed by atoms with van der Waals surface area (Å²) in [6, 6.07) is 2.78. The van der Waals surface area contributed by atoms with Crippen molar-refractivity contribution < 1.29 is 0 Å². The summed E-state index contributed by atoms with van der Waals surface area (Å²) < 4.78 is 0. The Kier molecular flexibility index (Phi) is 5.23. The van der Waals surface area contributed by atoms with Gasteiger partial charge in [0.05, 0.1) is 5.02 Å². The molecule has 0 aromatic carbocycles. The number of nitrogens with zero attached hydrogens (tertiary/aromatic N) is 2. The highest BCUT2D eigenvalue weighted by molar-refractivity contribution is 6.31. The van der Waals surface area contributed by atoms with Crippen LogP contribution in [0.15, 0.2) is 24.9 Å². The lowest BCUT2D eigenvalue weighted by Gasteiger charge is -2.22. The second kappa shape index (κ2) is 6.92. The Morgan fingerprint density at radius 3 is 3.00 bits per heavy atom. The van der Waals surface area contributed by atoms with Crippen LogP contribution in [0, 0.1) is 0 Å². The number of aromatic nitrogens is 1. The predicted octanol–water partition coefficient (Wildman–Crippen LogP) is 3.39. The number of anilines is 1. The van der Waals surface area contributed by atoms with Crippen LogP contribution in [0.25, 0.3) is 0 Å². The van der Waals surface area contributed by atoms with E-state index in [1.165, 1.54) is 12.8 Å². The van der Waals surface area contributed by atoms with E-state index in [4.69, 9.17) is 11.6 Å². The quantitative estimate of drug-likeness (QED) is 0.740. The molecule has 3 nitrogen and oxygen atoms in total. The topological polar surface area (TPSA) is 28.2 Å². The van der Waals surface area contributed by atoms with Gasteiger partial charge in [-0.25, -0.2) is 4.98 Å². The first-order valence-corrected chi connectivity index (χ1v) is 7.36. The molecule has 0 saturated heterocycles. The van der Waals surface area contributed by atoms with Crippen LogP contribution < -0.4 is 10.2 Å². The number of halogens is 1. The fourth-order valence-corrected chi connectivity index (χ4v) is 2.21. The monoisotopic (exact) mass is 279 g/mol. The van der Waals surface area contributed by atoms with Crippen molar-refractivity contribution in [3.63, 3.8) is 0 Å². The number of hydrogen-bond acceptors (Lipinski definition) is 3. The molecule has 1 fully saturated rings. The molecule has 104 valence electrons. The van der Waals surface area contributed by atoms with Gasteiger partial charge in [0.15, 0.2) is 0 Å². The third-order valence-electron chi connectivity index (χ3n) is 3.25. The van der Waals surface area contributed by atoms with Crippen LogP contribution in [0.1, 0.15) is 31.7 Å². The lowest BCUT2D eigenvalue weighted by Crippen LogP contribution is -2.25. The van der Waals surface area contributed by atoms with Crippen LogP contribution in [0.4, 0.5) is 5.82 Å². The largest absolute Gasteiger partial charge is 0.353 e. The summed E-state index contributed by atoms with van der Waals surface area (Å²) in [6.45, 7) is 8.60. The maximum absolute atomic E-state index is 6.22. The summed E-state index contributed by atoms with van der Waals surface area (Å²) >= 11 is 6.22. The van der Waals surface area contributed by atoms with Crippen molar-refractivity contribution in [1.29, 1.82) is 0 Å². The highest BCUT2D eigenvalue weighted by Crippen LogP contribution is 2.23. The zero-order valence-corrected chi connectivity index (χ0v) is 12.3. The molecule has 0 bridgehead atoms. The molecule has 1 aliphatic carbocycles. The first kappa shape index (κ1) is 14.4. The molecular formula is C15H22ClN3. The second-order valence-corrected chi connectivity index (χ2v) is 5.43. The minimum Gasteiger partial charge on any atom is -0.353 e. The van der Waals surface area contributed by atoms with Gasteiger partial charge in [0.25, 0.3) is 0 Å². The molecule has 1 saturated carbocycles. The molecule has 1 aromatic rings. The Hall–Kier alpha value is -1.06. The number of nitrogens with one attached hydrogen (secondary N) is 1. The van der Waals surface area contributed by atoms with E-state index < -0.39 is 0 Å². The fraction of sp³-hybridized carbons (Fsp3) is 0.533. The van der Waals surface area contributed by atoms with Crippen molar-refractivity contribution in [3.8, 4) is 0 Å². The summed E-state index contributed by atoms with van der Waals surface area (Å²) in [5, 5.41) is 4.24. The van der Waals surface area contributed by atoms with Gasteiger partial charge in [0, 0.05) is 31.9 Å².